The number of nitrogens with one attached hydrogen (secondary N) is 1. The summed E-state index contributed by atoms with van der Waals surface area (Å²) in [6.45, 7) is 2.02. The first kappa shape index (κ1) is 12.9. The molecule has 0 saturated heterocycles. The summed E-state index contributed by atoms with van der Waals surface area (Å²) in [6, 6.07) is -0.459. The summed E-state index contributed by atoms with van der Waals surface area (Å²) < 4.78 is 4.50. The van der Waals surface area contributed by atoms with Crippen LogP contribution >= 0.6 is 0 Å². The third-order valence-electron chi connectivity index (χ3n) is 1.91. The van der Waals surface area contributed by atoms with Crippen LogP contribution in [-0.4, -0.2) is 45.2 Å². The Labute approximate surface area is 97.6 Å². The lowest BCUT2D eigenvalue weighted by Crippen LogP contribution is -2.43. The molecule has 0 bridgehead atoms. The summed E-state index contributed by atoms with van der Waals surface area (Å²) in [5.74, 6) is -0.710. The van der Waals surface area contributed by atoms with Crippen molar-refractivity contribution in [2.45, 2.75) is 19.9 Å². The van der Waals surface area contributed by atoms with Crippen molar-refractivity contribution >= 4 is 12.0 Å². The lowest BCUT2D eigenvalue weighted by atomic mass is 10.4. The molecule has 1 heterocycles. The molecule has 0 aromatic carbocycles. The van der Waals surface area contributed by atoms with Gasteiger partial charge in [0.05, 0.1) is 6.54 Å². The van der Waals surface area contributed by atoms with Crippen LogP contribution < -0.4 is 5.32 Å². The van der Waals surface area contributed by atoms with Gasteiger partial charge in [-0.3, -0.25) is 4.79 Å². The van der Waals surface area contributed by atoms with Crippen molar-refractivity contribution < 1.29 is 19.2 Å². The molecular formula is C9H14N4O4. The first-order chi connectivity index (χ1) is 8.13. The molecule has 0 spiro atoms. The zero-order valence-electron chi connectivity index (χ0n) is 9.42. The van der Waals surface area contributed by atoms with E-state index in [1.54, 1.807) is 0 Å². The zero-order chi connectivity index (χ0) is 12.7. The van der Waals surface area contributed by atoms with E-state index in [0.29, 0.717) is 18.8 Å². The molecule has 0 atom stereocenters. The van der Waals surface area contributed by atoms with Gasteiger partial charge in [-0.05, 0) is 6.42 Å². The Balaban J connectivity index is 2.44. The van der Waals surface area contributed by atoms with E-state index < -0.39 is 12.0 Å². The van der Waals surface area contributed by atoms with E-state index in [1.165, 1.54) is 4.90 Å². The second kappa shape index (κ2) is 6.46. The van der Waals surface area contributed by atoms with E-state index in [9.17, 15) is 9.59 Å². The van der Waals surface area contributed by atoms with Gasteiger partial charge in [-0.1, -0.05) is 12.1 Å². The maximum absolute atomic E-state index is 11.6. The van der Waals surface area contributed by atoms with Gasteiger partial charge >= 0.3 is 12.0 Å². The van der Waals surface area contributed by atoms with Crippen LogP contribution in [0.1, 0.15) is 19.2 Å². The number of carboxylic acids is 1. The molecule has 0 unspecified atom stereocenters. The van der Waals surface area contributed by atoms with E-state index in [4.69, 9.17) is 5.11 Å². The zero-order valence-corrected chi connectivity index (χ0v) is 9.42. The number of carbonyl (C=O) groups excluding carboxylic acids is 1. The third kappa shape index (κ3) is 4.49. The number of aliphatic carboxylic acids is 1. The molecular weight excluding hydrogens is 228 g/mol. The molecule has 2 amide bonds. The number of nitrogens with zero attached hydrogens (tertiary/aromatic N) is 3. The standard InChI is InChI=1S/C9H14N4O4/c1-2-3-13(5-8(14)15)9(16)10-4-7-11-6-17-12-7/h6H,2-5H2,1H3,(H,10,16)(H,14,15). The van der Waals surface area contributed by atoms with Crippen LogP contribution in [0.15, 0.2) is 10.9 Å². The highest BCUT2D eigenvalue weighted by Crippen LogP contribution is 1.94. The largest absolute Gasteiger partial charge is 0.480 e. The SMILES string of the molecule is CCCN(CC(=O)O)C(=O)NCc1ncon1. The average molecular weight is 242 g/mol. The van der Waals surface area contributed by atoms with E-state index in [1.807, 2.05) is 6.92 Å². The molecule has 17 heavy (non-hydrogen) atoms. The van der Waals surface area contributed by atoms with Crippen molar-refractivity contribution in [3.63, 3.8) is 0 Å². The van der Waals surface area contributed by atoms with Crippen LogP contribution in [0.2, 0.25) is 0 Å². The number of rotatable bonds is 6. The molecule has 0 fully saturated rings. The quantitative estimate of drug-likeness (QED) is 0.731. The molecule has 1 aromatic heterocycles. The normalized spacial score (nSPS) is 9.94. The highest BCUT2D eigenvalue weighted by molar-refractivity contribution is 5.79. The Morgan fingerprint density at radius 3 is 2.88 bits per heavy atom. The van der Waals surface area contributed by atoms with Gasteiger partial charge in [-0.25, -0.2) is 4.79 Å². The van der Waals surface area contributed by atoms with Crippen LogP contribution in [0.5, 0.6) is 0 Å². The van der Waals surface area contributed by atoms with Gasteiger partial charge in [0.2, 0.25) is 6.39 Å². The topological polar surface area (TPSA) is 109 Å². The minimum Gasteiger partial charge on any atom is -0.480 e. The number of aromatic nitrogens is 2. The molecule has 94 valence electrons. The van der Waals surface area contributed by atoms with Crippen molar-refractivity contribution in [1.29, 1.82) is 0 Å². The highest BCUT2D eigenvalue weighted by Gasteiger charge is 2.15. The first-order valence-electron chi connectivity index (χ1n) is 5.13. The van der Waals surface area contributed by atoms with Crippen molar-refractivity contribution in [2.75, 3.05) is 13.1 Å². The van der Waals surface area contributed by atoms with Gasteiger partial charge in [-0.2, -0.15) is 4.98 Å². The van der Waals surface area contributed by atoms with E-state index >= 15 is 0 Å². The number of carbonyl (C=O) groups is 2. The molecule has 1 rings (SSSR count). The number of carboxylic acid groups (broad SMARTS) is 1. The Morgan fingerprint density at radius 2 is 2.35 bits per heavy atom. The number of urea groups is 1. The predicted molar refractivity (Wildman–Crippen MR) is 56.0 cm³/mol. The maximum atomic E-state index is 11.6. The summed E-state index contributed by atoms with van der Waals surface area (Å²) in [6.07, 6.45) is 1.84. The smallest absolute Gasteiger partial charge is 0.323 e. The van der Waals surface area contributed by atoms with E-state index in [-0.39, 0.29) is 13.1 Å². The summed E-state index contributed by atoms with van der Waals surface area (Å²) in [5.41, 5.74) is 0. The van der Waals surface area contributed by atoms with Crippen LogP contribution in [0.25, 0.3) is 0 Å². The minimum absolute atomic E-state index is 0.106. The Morgan fingerprint density at radius 1 is 1.59 bits per heavy atom. The maximum Gasteiger partial charge on any atom is 0.323 e. The second-order valence-corrected chi connectivity index (χ2v) is 3.32. The van der Waals surface area contributed by atoms with Crippen LogP contribution in [0, 0.1) is 0 Å². The average Bonchev–Trinajstić information content (AvgIpc) is 2.77. The molecule has 0 aliphatic carbocycles. The predicted octanol–water partition coefficient (Wildman–Crippen LogP) is 0.0758. The molecule has 8 nitrogen and oxygen atoms in total. The Hall–Kier alpha value is -2.12. The fourth-order valence-corrected chi connectivity index (χ4v) is 1.22. The Bertz CT molecular complexity index is 365. The molecule has 0 aliphatic rings. The monoisotopic (exact) mass is 242 g/mol. The van der Waals surface area contributed by atoms with Gasteiger partial charge in [0.1, 0.15) is 6.54 Å². The van der Waals surface area contributed by atoms with Crippen molar-refractivity contribution in [3.8, 4) is 0 Å². The second-order valence-electron chi connectivity index (χ2n) is 3.32. The summed E-state index contributed by atoms with van der Waals surface area (Å²) in [5, 5.41) is 14.7. The fraction of sp³-hybridized carbons (Fsp3) is 0.556. The first-order valence-corrected chi connectivity index (χ1v) is 5.13. The molecule has 0 radical (unpaired) electrons. The lowest BCUT2D eigenvalue weighted by molar-refractivity contribution is -0.137. The molecule has 1 aromatic rings. The Kier molecular flexibility index (Phi) is 4.92. The van der Waals surface area contributed by atoms with E-state index in [2.05, 4.69) is 20.0 Å². The number of hydrogen-bond donors (Lipinski definition) is 2. The van der Waals surface area contributed by atoms with E-state index in [0.717, 1.165) is 6.39 Å². The summed E-state index contributed by atoms with van der Waals surface area (Å²) in [7, 11) is 0. The molecule has 0 aliphatic heterocycles. The van der Waals surface area contributed by atoms with Crippen LogP contribution in [0.3, 0.4) is 0 Å². The van der Waals surface area contributed by atoms with Crippen molar-refractivity contribution in [3.05, 3.63) is 12.2 Å². The van der Waals surface area contributed by atoms with Gasteiger partial charge in [0.15, 0.2) is 5.82 Å². The van der Waals surface area contributed by atoms with Crippen LogP contribution in [-0.2, 0) is 11.3 Å². The fourth-order valence-electron chi connectivity index (χ4n) is 1.22. The molecule has 0 saturated carbocycles. The molecule has 2 N–H and O–H groups in total. The number of amides is 2. The minimum atomic E-state index is -1.05. The third-order valence-corrected chi connectivity index (χ3v) is 1.91. The summed E-state index contributed by atoms with van der Waals surface area (Å²) >= 11 is 0. The molecule has 8 heteroatoms. The van der Waals surface area contributed by atoms with Gasteiger partial charge < -0.3 is 19.8 Å². The highest BCUT2D eigenvalue weighted by atomic mass is 16.5. The van der Waals surface area contributed by atoms with Crippen molar-refractivity contribution in [2.24, 2.45) is 0 Å². The van der Waals surface area contributed by atoms with Gasteiger partial charge in [-0.15, -0.1) is 0 Å². The lowest BCUT2D eigenvalue weighted by Gasteiger charge is -2.19. The summed E-state index contributed by atoms with van der Waals surface area (Å²) in [4.78, 5) is 27.1. The van der Waals surface area contributed by atoms with Gasteiger partial charge in [0.25, 0.3) is 0 Å². The number of hydrogen-bond acceptors (Lipinski definition) is 5. The van der Waals surface area contributed by atoms with Gasteiger partial charge in [0, 0.05) is 6.54 Å². The van der Waals surface area contributed by atoms with Crippen molar-refractivity contribution in [1.82, 2.24) is 20.4 Å². The van der Waals surface area contributed by atoms with Crippen LogP contribution in [0.4, 0.5) is 4.79 Å².